The van der Waals surface area contributed by atoms with E-state index in [1.165, 1.54) is 17.3 Å². The van der Waals surface area contributed by atoms with Gasteiger partial charge in [0, 0.05) is 21.4 Å². The minimum Gasteiger partial charge on any atom is -0.321 e. The summed E-state index contributed by atoms with van der Waals surface area (Å²) in [6, 6.07) is 26.3. The third-order valence-electron chi connectivity index (χ3n) is 4.18. The zero-order valence-electron chi connectivity index (χ0n) is 13.8. The number of nitrogens with one attached hydrogen (secondary N) is 1. The van der Waals surface area contributed by atoms with E-state index >= 15 is 0 Å². The second kappa shape index (κ2) is 6.61. The van der Waals surface area contributed by atoms with E-state index in [4.69, 9.17) is 0 Å². The average Bonchev–Trinajstić information content (AvgIpc) is 2.65. The molecule has 0 saturated heterocycles. The van der Waals surface area contributed by atoms with Crippen molar-refractivity contribution >= 4 is 22.7 Å². The molecule has 122 valence electrons. The van der Waals surface area contributed by atoms with Gasteiger partial charge in [0.25, 0.3) is 5.56 Å². The molecular weight excluding hydrogens is 326 g/mol. The zero-order chi connectivity index (χ0) is 17.2. The number of rotatable bonds is 3. The molecule has 0 aliphatic rings. The van der Waals surface area contributed by atoms with Crippen LogP contribution >= 0.6 is 11.8 Å². The molecule has 25 heavy (non-hydrogen) atoms. The molecule has 0 fully saturated rings. The first-order valence-corrected chi connectivity index (χ1v) is 8.99. The fourth-order valence-corrected chi connectivity index (χ4v) is 3.92. The van der Waals surface area contributed by atoms with Crippen molar-refractivity contribution in [2.45, 2.75) is 16.7 Å². The molecule has 0 amide bonds. The van der Waals surface area contributed by atoms with Gasteiger partial charge in [0.05, 0.1) is 4.90 Å². The molecule has 0 atom stereocenters. The Morgan fingerprint density at radius 2 is 1.48 bits per heavy atom. The van der Waals surface area contributed by atoms with Crippen LogP contribution in [-0.4, -0.2) is 4.98 Å². The summed E-state index contributed by atoms with van der Waals surface area (Å²) >= 11 is 1.52. The van der Waals surface area contributed by atoms with Crippen LogP contribution in [0.5, 0.6) is 0 Å². The maximum atomic E-state index is 12.8. The molecule has 0 radical (unpaired) electrons. The van der Waals surface area contributed by atoms with Crippen LogP contribution in [0.4, 0.5) is 0 Å². The van der Waals surface area contributed by atoms with E-state index < -0.39 is 0 Å². The summed E-state index contributed by atoms with van der Waals surface area (Å²) < 4.78 is 0. The highest BCUT2D eigenvalue weighted by Gasteiger charge is 2.15. The number of aromatic amines is 1. The van der Waals surface area contributed by atoms with Gasteiger partial charge in [-0.25, -0.2) is 0 Å². The second-order valence-corrected chi connectivity index (χ2v) is 7.07. The average molecular weight is 343 g/mol. The van der Waals surface area contributed by atoms with Gasteiger partial charge in [-0.2, -0.15) is 0 Å². The Morgan fingerprint density at radius 1 is 0.800 bits per heavy atom. The number of benzene rings is 3. The van der Waals surface area contributed by atoms with Crippen LogP contribution in [0.15, 0.2) is 93.4 Å². The van der Waals surface area contributed by atoms with Crippen LogP contribution in [-0.2, 0) is 0 Å². The summed E-state index contributed by atoms with van der Waals surface area (Å²) in [7, 11) is 0. The Kier molecular flexibility index (Phi) is 4.16. The first-order valence-electron chi connectivity index (χ1n) is 8.17. The lowest BCUT2D eigenvalue weighted by Gasteiger charge is -2.12. The predicted octanol–water partition coefficient (Wildman–Crippen LogP) is 5.65. The molecule has 0 bridgehead atoms. The van der Waals surface area contributed by atoms with E-state index in [2.05, 4.69) is 54.4 Å². The molecule has 3 heteroatoms. The maximum Gasteiger partial charge on any atom is 0.263 e. The van der Waals surface area contributed by atoms with Gasteiger partial charge in [0.2, 0.25) is 0 Å². The second-order valence-electron chi connectivity index (χ2n) is 5.98. The van der Waals surface area contributed by atoms with Crippen molar-refractivity contribution in [3.63, 3.8) is 0 Å². The number of para-hydroxylation sites is 1. The molecule has 0 unspecified atom stereocenters. The standard InChI is InChI=1S/C22H17NOS/c1-15-11-13-17(14-12-15)25-21-20(16-7-3-2-4-8-16)18-9-5-6-10-19(18)23-22(21)24/h2-14H,1H3,(H,23,24). The largest absolute Gasteiger partial charge is 0.321 e. The van der Waals surface area contributed by atoms with E-state index in [1.54, 1.807) is 0 Å². The van der Waals surface area contributed by atoms with Crippen molar-refractivity contribution in [2.75, 3.05) is 0 Å². The highest BCUT2D eigenvalue weighted by atomic mass is 32.2. The summed E-state index contributed by atoms with van der Waals surface area (Å²) in [6.07, 6.45) is 0. The fraction of sp³-hybridized carbons (Fsp3) is 0.0455. The zero-order valence-corrected chi connectivity index (χ0v) is 14.6. The van der Waals surface area contributed by atoms with Crippen molar-refractivity contribution < 1.29 is 0 Å². The van der Waals surface area contributed by atoms with Crippen LogP contribution in [0.2, 0.25) is 0 Å². The van der Waals surface area contributed by atoms with Crippen molar-refractivity contribution in [2.24, 2.45) is 0 Å². The van der Waals surface area contributed by atoms with E-state index in [0.29, 0.717) is 0 Å². The third-order valence-corrected chi connectivity index (χ3v) is 5.28. The van der Waals surface area contributed by atoms with Gasteiger partial charge in [-0.1, -0.05) is 78.0 Å². The molecule has 1 heterocycles. The van der Waals surface area contributed by atoms with E-state index in [9.17, 15) is 4.79 Å². The third kappa shape index (κ3) is 3.11. The number of hydrogen-bond donors (Lipinski definition) is 1. The number of hydrogen-bond acceptors (Lipinski definition) is 2. The summed E-state index contributed by atoms with van der Waals surface area (Å²) in [5.41, 5.74) is 4.06. The molecular formula is C22H17NOS. The minimum absolute atomic E-state index is 0.0527. The number of H-pyrrole nitrogens is 1. The van der Waals surface area contributed by atoms with Crippen molar-refractivity contribution in [1.82, 2.24) is 4.98 Å². The maximum absolute atomic E-state index is 12.8. The predicted molar refractivity (Wildman–Crippen MR) is 105 cm³/mol. The normalized spacial score (nSPS) is 10.9. The van der Waals surface area contributed by atoms with Crippen LogP contribution in [0.25, 0.3) is 22.0 Å². The van der Waals surface area contributed by atoms with E-state index in [0.717, 1.165) is 31.8 Å². The van der Waals surface area contributed by atoms with Gasteiger partial charge in [0.1, 0.15) is 0 Å². The molecule has 0 aliphatic carbocycles. The summed E-state index contributed by atoms with van der Waals surface area (Å²) in [5.74, 6) is 0. The molecule has 1 aromatic heterocycles. The molecule has 4 rings (SSSR count). The van der Waals surface area contributed by atoms with Crippen molar-refractivity contribution in [1.29, 1.82) is 0 Å². The number of aromatic nitrogens is 1. The topological polar surface area (TPSA) is 32.9 Å². The first-order chi connectivity index (χ1) is 12.2. The van der Waals surface area contributed by atoms with Crippen LogP contribution in [0.1, 0.15) is 5.56 Å². The van der Waals surface area contributed by atoms with Gasteiger partial charge in [-0.15, -0.1) is 0 Å². The van der Waals surface area contributed by atoms with Crippen LogP contribution in [0, 0.1) is 6.92 Å². The van der Waals surface area contributed by atoms with Crippen molar-refractivity contribution in [3.8, 4) is 11.1 Å². The van der Waals surface area contributed by atoms with Crippen LogP contribution in [0.3, 0.4) is 0 Å². The highest BCUT2D eigenvalue weighted by molar-refractivity contribution is 7.99. The van der Waals surface area contributed by atoms with E-state index in [-0.39, 0.29) is 5.56 Å². The molecule has 0 saturated carbocycles. The summed E-state index contributed by atoms with van der Waals surface area (Å²) in [5, 5.41) is 1.06. The first kappa shape index (κ1) is 15.7. The monoisotopic (exact) mass is 343 g/mol. The molecule has 1 N–H and O–H groups in total. The van der Waals surface area contributed by atoms with Gasteiger partial charge in [-0.05, 0) is 30.7 Å². The highest BCUT2D eigenvalue weighted by Crippen LogP contribution is 2.37. The number of aryl methyl sites for hydroxylation is 1. The van der Waals surface area contributed by atoms with Crippen LogP contribution < -0.4 is 5.56 Å². The molecule has 4 aromatic rings. The Morgan fingerprint density at radius 3 is 2.24 bits per heavy atom. The lowest BCUT2D eigenvalue weighted by atomic mass is 10.0. The lowest BCUT2D eigenvalue weighted by molar-refractivity contribution is 1.19. The van der Waals surface area contributed by atoms with E-state index in [1.807, 2.05) is 36.4 Å². The minimum atomic E-state index is -0.0527. The Hall–Kier alpha value is -2.78. The lowest BCUT2D eigenvalue weighted by Crippen LogP contribution is -2.10. The SMILES string of the molecule is Cc1ccc(Sc2c(-c3ccccc3)c3ccccc3[nH]c2=O)cc1. The summed E-state index contributed by atoms with van der Waals surface area (Å²) in [6.45, 7) is 2.06. The van der Waals surface area contributed by atoms with Gasteiger partial charge < -0.3 is 4.98 Å². The summed E-state index contributed by atoms with van der Waals surface area (Å²) in [4.78, 5) is 17.6. The number of pyridine rings is 1. The van der Waals surface area contributed by atoms with Crippen molar-refractivity contribution in [3.05, 3.63) is 94.8 Å². The Balaban J connectivity index is 1.98. The smallest absolute Gasteiger partial charge is 0.263 e. The molecule has 3 aromatic carbocycles. The van der Waals surface area contributed by atoms with Gasteiger partial charge in [0.15, 0.2) is 0 Å². The molecule has 0 spiro atoms. The fourth-order valence-electron chi connectivity index (χ4n) is 2.94. The molecule has 0 aliphatic heterocycles. The Labute approximate surface area is 150 Å². The Bertz CT molecular complexity index is 1080. The number of fused-ring (bicyclic) bond motifs is 1. The van der Waals surface area contributed by atoms with Gasteiger partial charge in [-0.3, -0.25) is 4.79 Å². The quantitative estimate of drug-likeness (QED) is 0.521. The van der Waals surface area contributed by atoms with Gasteiger partial charge >= 0.3 is 0 Å². The molecule has 2 nitrogen and oxygen atoms in total.